The Hall–Kier alpha value is -0.960. The van der Waals surface area contributed by atoms with Gasteiger partial charge in [-0.15, -0.1) is 0 Å². The number of hydrogen-bond acceptors (Lipinski definition) is 1. The fourth-order valence-corrected chi connectivity index (χ4v) is 3.17. The first-order valence-corrected chi connectivity index (χ1v) is 6.77. The quantitative estimate of drug-likeness (QED) is 0.808. The van der Waals surface area contributed by atoms with Gasteiger partial charge in [0.05, 0.1) is 0 Å². The van der Waals surface area contributed by atoms with Crippen LogP contribution in [0.2, 0.25) is 0 Å². The number of halogens is 2. The first-order chi connectivity index (χ1) is 8.66. The van der Waals surface area contributed by atoms with E-state index in [0.717, 1.165) is 43.9 Å². The predicted molar refractivity (Wildman–Crippen MR) is 69.7 cm³/mol. The molecule has 1 aliphatic rings. The second-order valence-corrected chi connectivity index (χ2v) is 5.38. The molecule has 1 N–H and O–H groups in total. The fourth-order valence-electron chi connectivity index (χ4n) is 3.17. The predicted octanol–water partition coefficient (Wildman–Crippen LogP) is 3.78. The summed E-state index contributed by atoms with van der Waals surface area (Å²) in [5.74, 6) is -0.936. The zero-order chi connectivity index (χ0) is 13.0. The van der Waals surface area contributed by atoms with E-state index in [9.17, 15) is 8.78 Å². The Bertz CT molecular complexity index is 375. The highest BCUT2D eigenvalue weighted by Gasteiger charge is 2.32. The van der Waals surface area contributed by atoms with Crippen LogP contribution < -0.4 is 5.32 Å². The minimum absolute atomic E-state index is 0.103. The zero-order valence-corrected chi connectivity index (χ0v) is 10.9. The van der Waals surface area contributed by atoms with Crippen LogP contribution in [0.4, 0.5) is 8.78 Å². The smallest absolute Gasteiger partial charge is 0.126 e. The Morgan fingerprint density at radius 2 is 1.56 bits per heavy atom. The van der Waals surface area contributed by atoms with E-state index in [2.05, 4.69) is 5.32 Å². The van der Waals surface area contributed by atoms with E-state index in [-0.39, 0.29) is 5.41 Å². The number of likely N-dealkylation sites (N-methyl/N-ethyl adjacent to an activating group) is 1. The molecule has 1 aromatic rings. The summed E-state index contributed by atoms with van der Waals surface area (Å²) in [6, 6.07) is 3.96. The lowest BCUT2D eigenvalue weighted by Gasteiger charge is -2.33. The van der Waals surface area contributed by atoms with Gasteiger partial charge in [0.15, 0.2) is 0 Å². The van der Waals surface area contributed by atoms with Crippen LogP contribution in [0.5, 0.6) is 0 Å². The van der Waals surface area contributed by atoms with E-state index in [1.807, 2.05) is 7.05 Å². The van der Waals surface area contributed by atoms with E-state index < -0.39 is 11.6 Å². The second-order valence-electron chi connectivity index (χ2n) is 5.38. The van der Waals surface area contributed by atoms with Crippen molar-refractivity contribution >= 4 is 0 Å². The summed E-state index contributed by atoms with van der Waals surface area (Å²) < 4.78 is 26.9. The van der Waals surface area contributed by atoms with Crippen molar-refractivity contribution in [3.8, 4) is 0 Å². The van der Waals surface area contributed by atoms with Crippen LogP contribution in [0.15, 0.2) is 18.2 Å². The highest BCUT2D eigenvalue weighted by molar-refractivity contribution is 5.28. The zero-order valence-electron chi connectivity index (χ0n) is 10.9. The third-order valence-electron chi connectivity index (χ3n) is 4.05. The molecule has 1 fully saturated rings. The molecule has 1 nitrogen and oxygen atoms in total. The number of rotatable bonds is 3. The highest BCUT2D eigenvalue weighted by atomic mass is 19.1. The van der Waals surface area contributed by atoms with Crippen molar-refractivity contribution in [3.05, 3.63) is 35.4 Å². The van der Waals surface area contributed by atoms with Crippen LogP contribution in [0.25, 0.3) is 0 Å². The van der Waals surface area contributed by atoms with E-state index >= 15 is 0 Å². The van der Waals surface area contributed by atoms with Crippen molar-refractivity contribution in [3.63, 3.8) is 0 Å². The third kappa shape index (κ3) is 2.89. The molecular weight excluding hydrogens is 232 g/mol. The number of nitrogens with one attached hydrogen (secondary N) is 1. The second kappa shape index (κ2) is 5.79. The summed E-state index contributed by atoms with van der Waals surface area (Å²) in [7, 11) is 1.91. The number of benzene rings is 1. The van der Waals surface area contributed by atoms with Gasteiger partial charge in [-0.2, -0.15) is 0 Å². The molecule has 0 aromatic heterocycles. The molecule has 0 heterocycles. The Morgan fingerprint density at radius 1 is 1.00 bits per heavy atom. The lowest BCUT2D eigenvalue weighted by Crippen LogP contribution is -2.36. The van der Waals surface area contributed by atoms with E-state index in [1.54, 1.807) is 0 Å². The van der Waals surface area contributed by atoms with Gasteiger partial charge in [-0.25, -0.2) is 8.78 Å². The molecule has 18 heavy (non-hydrogen) atoms. The standard InChI is InChI=1S/C15H21F2N/c1-18-11-15(6-4-2-3-5-7-15)12-8-13(16)10-14(17)9-12/h8-10,18H,2-7,11H2,1H3. The molecule has 0 unspecified atom stereocenters. The summed E-state index contributed by atoms with van der Waals surface area (Å²) in [5, 5.41) is 3.20. The summed E-state index contributed by atoms with van der Waals surface area (Å²) in [5.41, 5.74) is 0.713. The summed E-state index contributed by atoms with van der Waals surface area (Å²) in [6.45, 7) is 0.788. The molecule has 0 aliphatic heterocycles. The minimum atomic E-state index is -0.468. The van der Waals surface area contributed by atoms with Crippen LogP contribution in [0, 0.1) is 11.6 Å². The van der Waals surface area contributed by atoms with Gasteiger partial charge in [0.25, 0.3) is 0 Å². The molecule has 2 rings (SSSR count). The monoisotopic (exact) mass is 253 g/mol. The fraction of sp³-hybridized carbons (Fsp3) is 0.600. The Morgan fingerprint density at radius 3 is 2.06 bits per heavy atom. The van der Waals surface area contributed by atoms with Crippen molar-refractivity contribution in [1.29, 1.82) is 0 Å². The topological polar surface area (TPSA) is 12.0 Å². The van der Waals surface area contributed by atoms with Gasteiger partial charge in [-0.3, -0.25) is 0 Å². The van der Waals surface area contributed by atoms with Crippen LogP contribution in [-0.4, -0.2) is 13.6 Å². The van der Waals surface area contributed by atoms with E-state index in [0.29, 0.717) is 0 Å². The molecule has 0 atom stereocenters. The average Bonchev–Trinajstić information content (AvgIpc) is 2.55. The average molecular weight is 253 g/mol. The van der Waals surface area contributed by atoms with Gasteiger partial charge in [0.2, 0.25) is 0 Å². The molecular formula is C15H21F2N. The van der Waals surface area contributed by atoms with E-state index in [1.165, 1.54) is 25.0 Å². The Kier molecular flexibility index (Phi) is 4.33. The normalized spacial score (nSPS) is 19.5. The molecule has 1 aromatic carbocycles. The summed E-state index contributed by atoms with van der Waals surface area (Å²) in [4.78, 5) is 0. The highest BCUT2D eigenvalue weighted by Crippen LogP contribution is 2.38. The molecule has 0 spiro atoms. The van der Waals surface area contributed by atoms with Crippen LogP contribution in [0.1, 0.15) is 44.1 Å². The van der Waals surface area contributed by atoms with Gasteiger partial charge >= 0.3 is 0 Å². The van der Waals surface area contributed by atoms with Gasteiger partial charge in [-0.1, -0.05) is 25.7 Å². The molecule has 1 aliphatic carbocycles. The molecule has 100 valence electrons. The lowest BCUT2D eigenvalue weighted by molar-refractivity contribution is 0.354. The third-order valence-corrected chi connectivity index (χ3v) is 4.05. The van der Waals surface area contributed by atoms with Crippen LogP contribution >= 0.6 is 0 Å². The molecule has 0 saturated heterocycles. The SMILES string of the molecule is CNCC1(c2cc(F)cc(F)c2)CCCCCC1. The Labute approximate surface area is 108 Å². The summed E-state index contributed by atoms with van der Waals surface area (Å²) in [6.07, 6.45) is 6.75. The number of hydrogen-bond donors (Lipinski definition) is 1. The minimum Gasteiger partial charge on any atom is -0.319 e. The molecule has 0 radical (unpaired) electrons. The van der Waals surface area contributed by atoms with Gasteiger partial charge in [-0.05, 0) is 37.6 Å². The molecule has 1 saturated carbocycles. The van der Waals surface area contributed by atoms with Crippen LogP contribution in [-0.2, 0) is 5.41 Å². The van der Waals surface area contributed by atoms with Crippen molar-refractivity contribution in [2.45, 2.75) is 43.9 Å². The van der Waals surface area contributed by atoms with Crippen molar-refractivity contribution in [2.24, 2.45) is 0 Å². The van der Waals surface area contributed by atoms with Gasteiger partial charge in [0.1, 0.15) is 11.6 Å². The summed E-state index contributed by atoms with van der Waals surface area (Å²) >= 11 is 0. The Balaban J connectivity index is 2.37. The van der Waals surface area contributed by atoms with Crippen molar-refractivity contribution in [2.75, 3.05) is 13.6 Å². The van der Waals surface area contributed by atoms with Gasteiger partial charge < -0.3 is 5.32 Å². The maximum Gasteiger partial charge on any atom is 0.126 e. The van der Waals surface area contributed by atoms with Crippen molar-refractivity contribution < 1.29 is 8.78 Å². The van der Waals surface area contributed by atoms with Gasteiger partial charge in [0, 0.05) is 18.0 Å². The largest absolute Gasteiger partial charge is 0.319 e. The first kappa shape index (κ1) is 13.5. The maximum atomic E-state index is 13.4. The molecule has 0 bridgehead atoms. The first-order valence-electron chi connectivity index (χ1n) is 6.77. The van der Waals surface area contributed by atoms with Crippen molar-refractivity contribution in [1.82, 2.24) is 5.32 Å². The molecule has 0 amide bonds. The van der Waals surface area contributed by atoms with E-state index in [4.69, 9.17) is 0 Å². The molecule has 3 heteroatoms. The lowest BCUT2D eigenvalue weighted by atomic mass is 9.74. The van der Waals surface area contributed by atoms with Crippen LogP contribution in [0.3, 0.4) is 0 Å². The maximum absolute atomic E-state index is 13.4.